The fraction of sp³-hybridized carbons (Fsp3) is 0.273. The molecule has 0 spiro atoms. The van der Waals surface area contributed by atoms with Gasteiger partial charge in [-0.25, -0.2) is 15.3 Å². The molecule has 0 amide bonds. The Morgan fingerprint density at radius 2 is 2.38 bits per heavy atom. The lowest BCUT2D eigenvalue weighted by Crippen LogP contribution is -2.11. The highest BCUT2D eigenvalue weighted by molar-refractivity contribution is 5.94. The first-order valence-electron chi connectivity index (χ1n) is 4.59. The molecular formula is C11H12N2O3. The molecule has 2 N–H and O–H groups in total. The third kappa shape index (κ3) is 2.72. The number of aromatic carboxylic acids is 1. The zero-order chi connectivity index (χ0) is 12.1. The molecule has 84 valence electrons. The van der Waals surface area contributed by atoms with Crippen LogP contribution in [0.5, 0.6) is 0 Å². The summed E-state index contributed by atoms with van der Waals surface area (Å²) in [7, 11) is 0. The number of carboxylic acid groups (broad SMARTS) is 1. The summed E-state index contributed by atoms with van der Waals surface area (Å²) in [6.07, 6.45) is 5.00. The van der Waals surface area contributed by atoms with Crippen LogP contribution in [0.4, 0.5) is 5.82 Å². The van der Waals surface area contributed by atoms with Crippen molar-refractivity contribution in [2.75, 3.05) is 12.1 Å². The molecule has 16 heavy (non-hydrogen) atoms. The Kier molecular flexibility index (Phi) is 3.86. The fourth-order valence-corrected chi connectivity index (χ4v) is 1.33. The number of nitrogens with zero attached hydrogens (tertiary/aromatic N) is 1. The highest BCUT2D eigenvalue weighted by Gasteiger charge is 2.15. The SMILES string of the molecule is C#CCONc1nc(C)cc(C)c1C(=O)O. The molecule has 1 heterocycles. The van der Waals surface area contributed by atoms with Crippen molar-refractivity contribution in [1.29, 1.82) is 0 Å². The molecule has 0 unspecified atom stereocenters. The number of rotatable bonds is 4. The van der Waals surface area contributed by atoms with Crippen LogP contribution >= 0.6 is 0 Å². The summed E-state index contributed by atoms with van der Waals surface area (Å²) in [5.74, 6) is 1.36. The molecule has 1 aromatic heterocycles. The van der Waals surface area contributed by atoms with E-state index in [4.69, 9.17) is 16.4 Å². The first kappa shape index (κ1) is 12.0. The molecule has 0 aliphatic rings. The molecule has 0 atom stereocenters. The Bertz CT molecular complexity index is 449. The van der Waals surface area contributed by atoms with E-state index in [1.807, 2.05) is 0 Å². The first-order chi connectivity index (χ1) is 7.56. The van der Waals surface area contributed by atoms with Crippen molar-refractivity contribution < 1.29 is 14.7 Å². The van der Waals surface area contributed by atoms with Crippen LogP contribution in [0, 0.1) is 26.2 Å². The minimum atomic E-state index is -1.06. The van der Waals surface area contributed by atoms with E-state index in [0.29, 0.717) is 11.3 Å². The van der Waals surface area contributed by atoms with Crippen molar-refractivity contribution in [1.82, 2.24) is 4.98 Å². The number of nitrogens with one attached hydrogen (secondary N) is 1. The second-order valence-corrected chi connectivity index (χ2v) is 3.20. The summed E-state index contributed by atoms with van der Waals surface area (Å²) in [6, 6.07) is 1.69. The number of terminal acetylenes is 1. The molecule has 0 fully saturated rings. The van der Waals surface area contributed by atoms with Gasteiger partial charge in [-0.15, -0.1) is 6.42 Å². The summed E-state index contributed by atoms with van der Waals surface area (Å²) in [6.45, 7) is 3.50. The largest absolute Gasteiger partial charge is 0.478 e. The topological polar surface area (TPSA) is 71.5 Å². The van der Waals surface area contributed by atoms with Gasteiger partial charge in [0.2, 0.25) is 0 Å². The minimum absolute atomic E-state index is 0.0354. The van der Waals surface area contributed by atoms with Crippen molar-refractivity contribution >= 4 is 11.8 Å². The van der Waals surface area contributed by atoms with Crippen molar-refractivity contribution in [2.24, 2.45) is 0 Å². The van der Waals surface area contributed by atoms with Crippen molar-refractivity contribution in [2.45, 2.75) is 13.8 Å². The normalized spacial score (nSPS) is 9.56. The number of aryl methyl sites for hydroxylation is 2. The van der Waals surface area contributed by atoms with Crippen molar-refractivity contribution in [3.05, 3.63) is 22.9 Å². The van der Waals surface area contributed by atoms with Gasteiger partial charge < -0.3 is 5.11 Å². The van der Waals surface area contributed by atoms with Crippen LogP contribution in [0.3, 0.4) is 0 Å². The number of carbonyl (C=O) groups is 1. The molecule has 5 nitrogen and oxygen atoms in total. The number of hydrogen-bond acceptors (Lipinski definition) is 4. The molecule has 1 rings (SSSR count). The summed E-state index contributed by atoms with van der Waals surface area (Å²) in [4.78, 5) is 19.9. The van der Waals surface area contributed by atoms with Crippen LogP contribution in [0.1, 0.15) is 21.6 Å². The molecule has 5 heteroatoms. The zero-order valence-electron chi connectivity index (χ0n) is 9.07. The highest BCUT2D eigenvalue weighted by Crippen LogP contribution is 2.18. The van der Waals surface area contributed by atoms with E-state index < -0.39 is 5.97 Å². The first-order valence-corrected chi connectivity index (χ1v) is 4.59. The number of carboxylic acids is 1. The number of anilines is 1. The fourth-order valence-electron chi connectivity index (χ4n) is 1.33. The third-order valence-corrected chi connectivity index (χ3v) is 1.88. The molecular weight excluding hydrogens is 208 g/mol. The van der Waals surface area contributed by atoms with Gasteiger partial charge in [0.05, 0.1) is 0 Å². The second kappa shape index (κ2) is 5.14. The van der Waals surface area contributed by atoms with Gasteiger partial charge in [0.15, 0.2) is 5.82 Å². The lowest BCUT2D eigenvalue weighted by Gasteiger charge is -2.10. The van der Waals surface area contributed by atoms with Crippen LogP contribution in [-0.2, 0) is 4.84 Å². The summed E-state index contributed by atoms with van der Waals surface area (Å²) in [5, 5.41) is 9.02. The lowest BCUT2D eigenvalue weighted by molar-refractivity contribution is 0.0695. The molecule has 0 saturated heterocycles. The smallest absolute Gasteiger partial charge is 0.339 e. The maximum atomic E-state index is 11.0. The van der Waals surface area contributed by atoms with Gasteiger partial charge in [0.1, 0.15) is 12.2 Å². The Morgan fingerprint density at radius 3 is 2.94 bits per heavy atom. The average Bonchev–Trinajstić information content (AvgIpc) is 2.16. The Labute approximate surface area is 93.4 Å². The Morgan fingerprint density at radius 1 is 1.69 bits per heavy atom. The predicted molar refractivity (Wildman–Crippen MR) is 59.1 cm³/mol. The minimum Gasteiger partial charge on any atom is -0.478 e. The van der Waals surface area contributed by atoms with Gasteiger partial charge >= 0.3 is 5.97 Å². The van der Waals surface area contributed by atoms with E-state index in [2.05, 4.69) is 16.4 Å². The van der Waals surface area contributed by atoms with Crippen LogP contribution in [0.2, 0.25) is 0 Å². The van der Waals surface area contributed by atoms with Gasteiger partial charge in [0.25, 0.3) is 0 Å². The van der Waals surface area contributed by atoms with E-state index in [0.717, 1.165) is 0 Å². The highest BCUT2D eigenvalue weighted by atomic mass is 16.6. The number of aromatic nitrogens is 1. The standard InChI is InChI=1S/C11H12N2O3/c1-4-5-16-13-10-9(11(14)15)7(2)6-8(3)12-10/h1,6H,5H2,2-3H3,(H,12,13)(H,14,15). The summed E-state index contributed by atoms with van der Waals surface area (Å²) < 4.78 is 0. The molecule has 0 saturated carbocycles. The molecule has 0 aromatic carbocycles. The Balaban J connectivity index is 3.05. The van der Waals surface area contributed by atoms with Crippen LogP contribution in [-0.4, -0.2) is 22.7 Å². The maximum absolute atomic E-state index is 11.0. The predicted octanol–water partition coefficient (Wildman–Crippen LogP) is 1.37. The van der Waals surface area contributed by atoms with Crippen molar-refractivity contribution in [3.8, 4) is 12.3 Å². The van der Waals surface area contributed by atoms with Crippen LogP contribution in [0.15, 0.2) is 6.07 Å². The van der Waals surface area contributed by atoms with E-state index in [-0.39, 0.29) is 18.0 Å². The number of pyridine rings is 1. The van der Waals surface area contributed by atoms with E-state index in [9.17, 15) is 4.79 Å². The third-order valence-electron chi connectivity index (χ3n) is 1.88. The molecule has 0 radical (unpaired) electrons. The quantitative estimate of drug-likeness (QED) is 0.455. The van der Waals surface area contributed by atoms with Crippen molar-refractivity contribution in [3.63, 3.8) is 0 Å². The summed E-state index contributed by atoms with van der Waals surface area (Å²) >= 11 is 0. The molecule has 1 aromatic rings. The number of hydrogen-bond donors (Lipinski definition) is 2. The van der Waals surface area contributed by atoms with Gasteiger partial charge in [-0.1, -0.05) is 5.92 Å². The van der Waals surface area contributed by atoms with E-state index >= 15 is 0 Å². The second-order valence-electron chi connectivity index (χ2n) is 3.20. The lowest BCUT2D eigenvalue weighted by atomic mass is 10.1. The molecule has 0 bridgehead atoms. The molecule has 0 aliphatic heterocycles. The van der Waals surface area contributed by atoms with Gasteiger partial charge in [-0.05, 0) is 25.5 Å². The average molecular weight is 220 g/mol. The summed E-state index contributed by atoms with van der Waals surface area (Å²) in [5.41, 5.74) is 3.85. The van der Waals surface area contributed by atoms with Gasteiger partial charge in [-0.2, -0.15) is 0 Å². The monoisotopic (exact) mass is 220 g/mol. The van der Waals surface area contributed by atoms with E-state index in [1.54, 1.807) is 19.9 Å². The van der Waals surface area contributed by atoms with E-state index in [1.165, 1.54) is 0 Å². The van der Waals surface area contributed by atoms with Gasteiger partial charge in [-0.3, -0.25) is 4.84 Å². The van der Waals surface area contributed by atoms with Crippen LogP contribution in [0.25, 0.3) is 0 Å². The zero-order valence-corrected chi connectivity index (χ0v) is 9.07. The maximum Gasteiger partial charge on any atom is 0.339 e. The molecule has 0 aliphatic carbocycles. The van der Waals surface area contributed by atoms with Crippen LogP contribution < -0.4 is 5.48 Å². The van der Waals surface area contributed by atoms with Gasteiger partial charge in [0, 0.05) is 5.69 Å². The Hall–Kier alpha value is -2.06.